The number of carboxylic acid groups (broad SMARTS) is 1. The summed E-state index contributed by atoms with van der Waals surface area (Å²) in [6, 6.07) is 10.1. The lowest BCUT2D eigenvalue weighted by Crippen LogP contribution is -2.60. The van der Waals surface area contributed by atoms with Gasteiger partial charge in [-0.05, 0) is 42.0 Å². The highest BCUT2D eigenvalue weighted by Gasteiger charge is 2.63. The van der Waals surface area contributed by atoms with Crippen LogP contribution in [0, 0.1) is 12.3 Å². The lowest BCUT2D eigenvalue weighted by atomic mass is 10.1. The summed E-state index contributed by atoms with van der Waals surface area (Å²) >= 11 is 0. The van der Waals surface area contributed by atoms with Crippen molar-refractivity contribution in [1.82, 2.24) is 5.43 Å². The van der Waals surface area contributed by atoms with Crippen LogP contribution in [0.2, 0.25) is 0 Å². The fraction of sp³-hybridized carbons (Fsp3) is 0.250. The molecule has 0 aliphatic carbocycles. The second kappa shape index (κ2) is 9.26. The number of amides is 1. The van der Waals surface area contributed by atoms with E-state index in [0.29, 0.717) is 13.0 Å². The third kappa shape index (κ3) is 5.26. The van der Waals surface area contributed by atoms with Gasteiger partial charge >= 0.3 is 17.8 Å². The number of carbonyl (C=O) groups is 2. The monoisotopic (exact) mass is 423 g/mol. The first-order chi connectivity index (χ1) is 14.1. The van der Waals surface area contributed by atoms with Gasteiger partial charge in [0.15, 0.2) is 12.4 Å². The molecule has 2 aromatic rings. The number of aromatic nitrogens is 1. The molecule has 0 unspecified atom stereocenters. The number of hydrogen-bond donors (Lipinski definition) is 2. The number of carboxylic acids is 1. The summed E-state index contributed by atoms with van der Waals surface area (Å²) in [4.78, 5) is 21.4. The molecule has 0 aliphatic rings. The fourth-order valence-corrected chi connectivity index (χ4v) is 2.39. The van der Waals surface area contributed by atoms with Crippen LogP contribution in [0.5, 0.6) is 0 Å². The van der Waals surface area contributed by atoms with Crippen molar-refractivity contribution in [3.8, 4) is 12.3 Å². The maximum absolute atomic E-state index is 13.3. The fourth-order valence-electron chi connectivity index (χ4n) is 2.39. The molecule has 0 bridgehead atoms. The van der Waals surface area contributed by atoms with Gasteiger partial charge in [0.1, 0.15) is 5.97 Å². The van der Waals surface area contributed by atoms with Gasteiger partial charge < -0.3 is 9.90 Å². The molecule has 0 aliphatic heterocycles. The maximum Gasteiger partial charge on any atom is 0.393 e. The lowest BCUT2D eigenvalue weighted by Gasteiger charge is -2.26. The smallest absolute Gasteiger partial charge is 0.393 e. The molecule has 0 atom stereocenters. The Balaban J connectivity index is 1.89. The van der Waals surface area contributed by atoms with Gasteiger partial charge in [-0.2, -0.15) is 22.1 Å². The van der Waals surface area contributed by atoms with Crippen LogP contribution >= 0.6 is 0 Å². The Kier molecular flexibility index (Phi) is 7.00. The molecule has 0 saturated heterocycles. The van der Waals surface area contributed by atoms with E-state index in [-0.39, 0.29) is 5.69 Å². The molecule has 158 valence electrons. The summed E-state index contributed by atoms with van der Waals surface area (Å²) < 4.78 is 54.3. The molecule has 1 amide bonds. The number of terminal acetylenes is 1. The van der Waals surface area contributed by atoms with Crippen LogP contribution < -0.4 is 20.5 Å². The van der Waals surface area contributed by atoms with E-state index in [9.17, 15) is 32.3 Å². The summed E-state index contributed by atoms with van der Waals surface area (Å²) in [6.45, 7) is 0.474. The Labute approximate surface area is 169 Å². The van der Waals surface area contributed by atoms with Gasteiger partial charge in [0.05, 0.1) is 5.69 Å². The highest BCUT2D eigenvalue weighted by atomic mass is 19.3. The Hall–Kier alpha value is -3.61. The van der Waals surface area contributed by atoms with E-state index in [1.165, 1.54) is 17.6 Å². The summed E-state index contributed by atoms with van der Waals surface area (Å²) in [5.74, 6) is -14.5. The SMILES string of the molecule is C#CC[n+]1ccc(CCc2ccc(NNC(=O)C(F)(F)C(F)(F)C(=O)[O-])cc2)cc1. The van der Waals surface area contributed by atoms with Gasteiger partial charge in [-0.25, -0.2) is 0 Å². The van der Waals surface area contributed by atoms with Crippen LogP contribution in [0.25, 0.3) is 0 Å². The van der Waals surface area contributed by atoms with Crippen molar-refractivity contribution in [3.63, 3.8) is 0 Å². The van der Waals surface area contributed by atoms with Crippen molar-refractivity contribution in [2.75, 3.05) is 5.43 Å². The summed E-state index contributed by atoms with van der Waals surface area (Å²) in [5, 5.41) is 10.1. The molecule has 2 N–H and O–H groups in total. The Morgan fingerprint density at radius 3 is 2.00 bits per heavy atom. The molecule has 30 heavy (non-hydrogen) atoms. The number of alkyl halides is 4. The minimum atomic E-state index is -5.65. The van der Waals surface area contributed by atoms with E-state index in [1.807, 2.05) is 34.5 Å². The van der Waals surface area contributed by atoms with Gasteiger partial charge in [-0.15, -0.1) is 6.42 Å². The summed E-state index contributed by atoms with van der Waals surface area (Å²) in [5.41, 5.74) is 5.52. The third-order valence-electron chi connectivity index (χ3n) is 4.15. The van der Waals surface area contributed by atoms with Crippen molar-refractivity contribution < 1.29 is 36.8 Å². The van der Waals surface area contributed by atoms with Crippen LogP contribution in [0.1, 0.15) is 11.1 Å². The zero-order valence-electron chi connectivity index (χ0n) is 15.5. The van der Waals surface area contributed by atoms with E-state index >= 15 is 0 Å². The molecule has 0 saturated carbocycles. The number of aryl methyl sites for hydroxylation is 2. The van der Waals surface area contributed by atoms with Crippen molar-refractivity contribution in [2.45, 2.75) is 31.2 Å². The Morgan fingerprint density at radius 1 is 0.967 bits per heavy atom. The number of pyridine rings is 1. The number of benzene rings is 1. The van der Waals surface area contributed by atoms with Crippen LogP contribution in [-0.2, 0) is 29.0 Å². The topological polar surface area (TPSA) is 85.1 Å². The summed E-state index contributed by atoms with van der Waals surface area (Å²) in [6.07, 6.45) is 10.4. The number of rotatable bonds is 9. The average Bonchev–Trinajstić information content (AvgIpc) is 2.72. The first kappa shape index (κ1) is 22.7. The standard InChI is InChI=1S/C20H17F4N3O3/c1-2-11-27-12-9-15(10-13-27)4-3-14-5-7-16(8-6-14)25-26-17(28)19(21,22)20(23,24)18(29)30/h1,5-10,12-13,25H,3-4,11H2,(H-,26,28,29,30). The average molecular weight is 423 g/mol. The zero-order chi connectivity index (χ0) is 22.4. The number of anilines is 1. The molecule has 10 heteroatoms. The second-order valence-electron chi connectivity index (χ2n) is 6.30. The summed E-state index contributed by atoms with van der Waals surface area (Å²) in [7, 11) is 0. The number of hydrogen-bond acceptors (Lipinski definition) is 4. The Morgan fingerprint density at radius 2 is 1.50 bits per heavy atom. The first-order valence-electron chi connectivity index (χ1n) is 8.62. The van der Waals surface area contributed by atoms with Crippen LogP contribution in [0.15, 0.2) is 48.8 Å². The maximum atomic E-state index is 13.3. The highest BCUT2D eigenvalue weighted by molar-refractivity contribution is 5.92. The highest BCUT2D eigenvalue weighted by Crippen LogP contribution is 2.33. The van der Waals surface area contributed by atoms with E-state index < -0.39 is 23.7 Å². The van der Waals surface area contributed by atoms with Crippen LogP contribution in [0.3, 0.4) is 0 Å². The number of aliphatic carboxylic acids is 1. The van der Waals surface area contributed by atoms with Gasteiger partial charge in [-0.3, -0.25) is 15.6 Å². The third-order valence-corrected chi connectivity index (χ3v) is 4.15. The molecular formula is C20H17F4N3O3. The largest absolute Gasteiger partial charge is 0.544 e. The van der Waals surface area contributed by atoms with Crippen molar-refractivity contribution >= 4 is 17.6 Å². The molecule has 6 nitrogen and oxygen atoms in total. The predicted molar refractivity (Wildman–Crippen MR) is 96.0 cm³/mol. The quantitative estimate of drug-likeness (QED) is 0.271. The van der Waals surface area contributed by atoms with Crippen LogP contribution in [-0.4, -0.2) is 23.7 Å². The van der Waals surface area contributed by atoms with Gasteiger partial charge in [0, 0.05) is 12.1 Å². The van der Waals surface area contributed by atoms with E-state index in [0.717, 1.165) is 17.5 Å². The normalized spacial score (nSPS) is 11.4. The number of nitrogens with one attached hydrogen (secondary N) is 2. The predicted octanol–water partition coefficient (Wildman–Crippen LogP) is 0.856. The van der Waals surface area contributed by atoms with Crippen LogP contribution in [0.4, 0.5) is 23.2 Å². The first-order valence-corrected chi connectivity index (χ1v) is 8.62. The van der Waals surface area contributed by atoms with E-state index in [4.69, 9.17) is 6.42 Å². The zero-order valence-corrected chi connectivity index (χ0v) is 15.5. The number of carbonyl (C=O) groups excluding carboxylic acids is 2. The van der Waals surface area contributed by atoms with Gasteiger partial charge in [0.25, 0.3) is 0 Å². The van der Waals surface area contributed by atoms with Crippen molar-refractivity contribution in [2.24, 2.45) is 0 Å². The molecular weight excluding hydrogens is 406 g/mol. The minimum Gasteiger partial charge on any atom is -0.544 e. The molecule has 1 heterocycles. The molecule has 0 spiro atoms. The molecule has 0 fully saturated rings. The lowest BCUT2D eigenvalue weighted by molar-refractivity contribution is -0.684. The second-order valence-corrected chi connectivity index (χ2v) is 6.30. The van der Waals surface area contributed by atoms with Gasteiger partial charge in [0.2, 0.25) is 6.54 Å². The molecule has 1 aromatic carbocycles. The Bertz CT molecular complexity index is 939. The minimum absolute atomic E-state index is 0.134. The van der Waals surface area contributed by atoms with E-state index in [2.05, 4.69) is 5.92 Å². The molecule has 1 aromatic heterocycles. The molecule has 0 radical (unpaired) electrons. The van der Waals surface area contributed by atoms with Gasteiger partial charge in [-0.1, -0.05) is 12.1 Å². The number of hydrazine groups is 1. The van der Waals surface area contributed by atoms with Crippen molar-refractivity contribution in [3.05, 3.63) is 59.9 Å². The van der Waals surface area contributed by atoms with Crippen molar-refractivity contribution in [1.29, 1.82) is 0 Å². The molecule has 2 rings (SSSR count). The number of nitrogens with zero attached hydrogens (tertiary/aromatic N) is 1. The number of halogens is 4. The van der Waals surface area contributed by atoms with E-state index in [1.54, 1.807) is 12.1 Å².